The Hall–Kier alpha value is -1.34. The van der Waals surface area contributed by atoms with Crippen LogP contribution in [0.1, 0.15) is 19.8 Å². The molecule has 18 heavy (non-hydrogen) atoms. The van der Waals surface area contributed by atoms with Gasteiger partial charge in [0.05, 0.1) is 0 Å². The lowest BCUT2D eigenvalue weighted by atomic mass is 10.2. The molecule has 7 heteroatoms. The average Bonchev–Trinajstić information content (AvgIpc) is 2.34. The first-order chi connectivity index (χ1) is 8.56. The molecule has 0 aromatic carbocycles. The van der Waals surface area contributed by atoms with Crippen LogP contribution >= 0.6 is 0 Å². The average molecular weight is 262 g/mol. The summed E-state index contributed by atoms with van der Waals surface area (Å²) in [6.45, 7) is 2.91. The third-order valence-electron chi connectivity index (χ3n) is 2.46. The number of carboxylic acid groups (broad SMARTS) is 1. The van der Waals surface area contributed by atoms with Crippen LogP contribution in [-0.4, -0.2) is 66.6 Å². The Morgan fingerprint density at radius 2 is 2.11 bits per heavy atom. The number of rotatable bonds is 9. The van der Waals surface area contributed by atoms with E-state index in [1.54, 1.807) is 6.92 Å². The van der Waals surface area contributed by atoms with E-state index in [9.17, 15) is 9.59 Å². The Labute approximate surface area is 107 Å². The third kappa shape index (κ3) is 6.41. The maximum Gasteiger partial charge on any atom is 0.326 e. The molecule has 0 fully saturated rings. The molecule has 0 heterocycles. The zero-order chi connectivity index (χ0) is 14.0. The number of aliphatic hydroxyl groups excluding tert-OH is 1. The highest BCUT2D eigenvalue weighted by atomic mass is 16.5. The van der Waals surface area contributed by atoms with Crippen molar-refractivity contribution >= 4 is 12.0 Å². The van der Waals surface area contributed by atoms with Gasteiger partial charge in [0.15, 0.2) is 0 Å². The van der Waals surface area contributed by atoms with E-state index in [-0.39, 0.29) is 19.6 Å². The molecule has 0 radical (unpaired) electrons. The largest absolute Gasteiger partial charge is 0.480 e. The SMILES string of the molecule is CCN(CCCO)C(=O)NC(CCOC)C(=O)O. The quantitative estimate of drug-likeness (QED) is 0.538. The Morgan fingerprint density at radius 1 is 1.44 bits per heavy atom. The standard InChI is InChI=1S/C11H22N2O5/c1-3-13(6-4-7-14)11(17)12-9(10(15)16)5-8-18-2/h9,14H,3-8H2,1-2H3,(H,12,17)(H,15,16). The Kier molecular flexibility index (Phi) is 8.95. The van der Waals surface area contributed by atoms with E-state index in [1.807, 2.05) is 0 Å². The minimum Gasteiger partial charge on any atom is -0.480 e. The molecular formula is C11H22N2O5. The molecule has 0 saturated carbocycles. The molecule has 0 aliphatic heterocycles. The number of nitrogens with zero attached hydrogens (tertiary/aromatic N) is 1. The van der Waals surface area contributed by atoms with Crippen LogP contribution in [0.3, 0.4) is 0 Å². The number of hydrogen-bond acceptors (Lipinski definition) is 4. The Balaban J connectivity index is 4.32. The molecule has 0 bridgehead atoms. The van der Waals surface area contributed by atoms with E-state index in [1.165, 1.54) is 12.0 Å². The number of carboxylic acids is 1. The smallest absolute Gasteiger partial charge is 0.326 e. The summed E-state index contributed by atoms with van der Waals surface area (Å²) in [6, 6.07) is -1.39. The van der Waals surface area contributed by atoms with Gasteiger partial charge in [-0.25, -0.2) is 9.59 Å². The molecule has 3 N–H and O–H groups in total. The van der Waals surface area contributed by atoms with E-state index >= 15 is 0 Å². The summed E-state index contributed by atoms with van der Waals surface area (Å²) in [6.07, 6.45) is 0.687. The van der Waals surface area contributed by atoms with Crippen LogP contribution in [0.4, 0.5) is 4.79 Å². The van der Waals surface area contributed by atoms with Gasteiger partial charge in [-0.1, -0.05) is 0 Å². The van der Waals surface area contributed by atoms with Crippen LogP contribution in [0.2, 0.25) is 0 Å². The summed E-state index contributed by atoms with van der Waals surface area (Å²) >= 11 is 0. The zero-order valence-electron chi connectivity index (χ0n) is 10.9. The summed E-state index contributed by atoms with van der Waals surface area (Å²) < 4.78 is 4.79. The van der Waals surface area contributed by atoms with Crippen molar-refractivity contribution in [2.45, 2.75) is 25.8 Å². The number of carbonyl (C=O) groups excluding carboxylic acids is 1. The van der Waals surface area contributed by atoms with Gasteiger partial charge < -0.3 is 25.2 Å². The van der Waals surface area contributed by atoms with E-state index in [2.05, 4.69) is 5.32 Å². The van der Waals surface area contributed by atoms with Crippen LogP contribution < -0.4 is 5.32 Å². The first-order valence-corrected chi connectivity index (χ1v) is 5.94. The molecule has 0 aliphatic rings. The molecule has 0 saturated heterocycles. The van der Waals surface area contributed by atoms with Crippen molar-refractivity contribution in [2.24, 2.45) is 0 Å². The second-order valence-electron chi connectivity index (χ2n) is 3.78. The second-order valence-corrected chi connectivity index (χ2v) is 3.78. The summed E-state index contributed by atoms with van der Waals surface area (Å²) in [5, 5.41) is 20.1. The molecule has 0 rings (SSSR count). The Morgan fingerprint density at radius 3 is 2.56 bits per heavy atom. The van der Waals surface area contributed by atoms with Crippen molar-refractivity contribution in [3.8, 4) is 0 Å². The van der Waals surface area contributed by atoms with Gasteiger partial charge in [0, 0.05) is 39.8 Å². The maximum absolute atomic E-state index is 11.8. The number of amides is 2. The summed E-state index contributed by atoms with van der Waals surface area (Å²) in [4.78, 5) is 24.2. The maximum atomic E-state index is 11.8. The lowest BCUT2D eigenvalue weighted by molar-refractivity contribution is -0.139. The van der Waals surface area contributed by atoms with Crippen molar-refractivity contribution in [1.82, 2.24) is 10.2 Å². The Bertz CT molecular complexity index is 260. The van der Waals surface area contributed by atoms with Crippen molar-refractivity contribution in [3.63, 3.8) is 0 Å². The summed E-state index contributed by atoms with van der Waals surface area (Å²) in [5.74, 6) is -1.08. The first kappa shape index (κ1) is 16.7. The highest BCUT2D eigenvalue weighted by Gasteiger charge is 2.21. The second kappa shape index (κ2) is 9.67. The number of aliphatic hydroxyl groups is 1. The normalized spacial score (nSPS) is 11.9. The van der Waals surface area contributed by atoms with E-state index in [0.29, 0.717) is 19.5 Å². The van der Waals surface area contributed by atoms with Gasteiger partial charge in [0.25, 0.3) is 0 Å². The molecule has 0 aromatic heterocycles. The fourth-order valence-electron chi connectivity index (χ4n) is 1.40. The topological polar surface area (TPSA) is 99.1 Å². The van der Waals surface area contributed by atoms with E-state index in [0.717, 1.165) is 0 Å². The number of ether oxygens (including phenoxy) is 1. The molecule has 0 aromatic rings. The molecule has 1 unspecified atom stereocenters. The van der Waals surface area contributed by atoms with Gasteiger partial charge in [-0.2, -0.15) is 0 Å². The molecule has 0 spiro atoms. The lowest BCUT2D eigenvalue weighted by Crippen LogP contribution is -2.48. The van der Waals surface area contributed by atoms with Gasteiger partial charge in [-0.3, -0.25) is 0 Å². The number of nitrogens with one attached hydrogen (secondary N) is 1. The van der Waals surface area contributed by atoms with Crippen molar-refractivity contribution < 1.29 is 24.5 Å². The van der Waals surface area contributed by atoms with Crippen LogP contribution in [-0.2, 0) is 9.53 Å². The number of carbonyl (C=O) groups is 2. The van der Waals surface area contributed by atoms with Crippen molar-refractivity contribution in [2.75, 3.05) is 33.4 Å². The molecule has 2 amide bonds. The number of urea groups is 1. The third-order valence-corrected chi connectivity index (χ3v) is 2.46. The highest BCUT2D eigenvalue weighted by Crippen LogP contribution is 1.98. The molecule has 0 aliphatic carbocycles. The number of methoxy groups -OCH3 is 1. The number of hydrogen-bond donors (Lipinski definition) is 3. The molecule has 7 nitrogen and oxygen atoms in total. The fraction of sp³-hybridized carbons (Fsp3) is 0.818. The monoisotopic (exact) mass is 262 g/mol. The van der Waals surface area contributed by atoms with Crippen molar-refractivity contribution in [1.29, 1.82) is 0 Å². The van der Waals surface area contributed by atoms with E-state index < -0.39 is 18.0 Å². The lowest BCUT2D eigenvalue weighted by Gasteiger charge is -2.23. The van der Waals surface area contributed by atoms with Gasteiger partial charge >= 0.3 is 12.0 Å². The van der Waals surface area contributed by atoms with Gasteiger partial charge in [-0.15, -0.1) is 0 Å². The highest BCUT2D eigenvalue weighted by molar-refractivity contribution is 5.82. The zero-order valence-corrected chi connectivity index (χ0v) is 10.9. The number of aliphatic carboxylic acids is 1. The fourth-order valence-corrected chi connectivity index (χ4v) is 1.40. The van der Waals surface area contributed by atoms with Crippen LogP contribution in [0, 0.1) is 0 Å². The summed E-state index contributed by atoms with van der Waals surface area (Å²) in [5.41, 5.74) is 0. The predicted octanol–water partition coefficient (Wildman–Crippen LogP) is -0.110. The molecule has 106 valence electrons. The minimum atomic E-state index is -1.08. The van der Waals surface area contributed by atoms with Crippen LogP contribution in [0.15, 0.2) is 0 Å². The minimum absolute atomic E-state index is 0.00415. The molecular weight excluding hydrogens is 240 g/mol. The van der Waals surface area contributed by atoms with E-state index in [4.69, 9.17) is 14.9 Å². The van der Waals surface area contributed by atoms with Gasteiger partial charge in [-0.05, 0) is 13.3 Å². The van der Waals surface area contributed by atoms with Crippen molar-refractivity contribution in [3.05, 3.63) is 0 Å². The summed E-state index contributed by atoms with van der Waals surface area (Å²) in [7, 11) is 1.47. The van der Waals surface area contributed by atoms with Gasteiger partial charge in [0.2, 0.25) is 0 Å². The van der Waals surface area contributed by atoms with Crippen LogP contribution in [0.25, 0.3) is 0 Å². The predicted molar refractivity (Wildman–Crippen MR) is 65.4 cm³/mol. The molecule has 1 atom stereocenters. The first-order valence-electron chi connectivity index (χ1n) is 5.94. The van der Waals surface area contributed by atoms with Crippen LogP contribution in [0.5, 0.6) is 0 Å². The van der Waals surface area contributed by atoms with Gasteiger partial charge in [0.1, 0.15) is 6.04 Å².